The Labute approximate surface area is 187 Å². The van der Waals surface area contributed by atoms with Crippen LogP contribution in [0.2, 0.25) is 0 Å². The molecule has 9 nitrogen and oxygen atoms in total. The Morgan fingerprint density at radius 1 is 1.21 bits per heavy atom. The Morgan fingerprint density at radius 3 is 2.88 bits per heavy atom. The fourth-order valence-electron chi connectivity index (χ4n) is 4.25. The smallest absolute Gasteiger partial charge is 0.271 e. The monoisotopic (exact) mass is 452 g/mol. The van der Waals surface area contributed by atoms with Gasteiger partial charge in [-0.25, -0.2) is 28.7 Å². The van der Waals surface area contributed by atoms with E-state index < -0.39 is 11.6 Å². The van der Waals surface area contributed by atoms with Gasteiger partial charge in [-0.15, -0.1) is 0 Å². The van der Waals surface area contributed by atoms with Gasteiger partial charge in [0.25, 0.3) is 5.91 Å². The molecular formula is C22H22F2N8O. The number of aromatic amines is 1. The summed E-state index contributed by atoms with van der Waals surface area (Å²) >= 11 is 0. The number of amides is 1. The van der Waals surface area contributed by atoms with E-state index in [0.29, 0.717) is 28.7 Å². The topological polar surface area (TPSA) is 113 Å². The van der Waals surface area contributed by atoms with Crippen LogP contribution in [-0.4, -0.2) is 47.5 Å². The summed E-state index contributed by atoms with van der Waals surface area (Å²) in [5.74, 6) is -1.81. The van der Waals surface area contributed by atoms with Crippen molar-refractivity contribution in [1.82, 2.24) is 34.8 Å². The summed E-state index contributed by atoms with van der Waals surface area (Å²) in [5.41, 5.74) is 1.36. The molecule has 4 aromatic heterocycles. The molecule has 0 spiro atoms. The van der Waals surface area contributed by atoms with E-state index in [9.17, 15) is 13.6 Å². The molecule has 4 aromatic rings. The Kier molecular flexibility index (Phi) is 5.45. The van der Waals surface area contributed by atoms with Gasteiger partial charge >= 0.3 is 0 Å². The number of hydrogen-bond donors (Lipinski definition) is 3. The predicted molar refractivity (Wildman–Crippen MR) is 117 cm³/mol. The number of halogens is 2. The second kappa shape index (κ2) is 8.57. The number of nitrogens with one attached hydrogen (secondary N) is 3. The minimum Gasteiger partial charge on any atom is -0.365 e. The van der Waals surface area contributed by atoms with Crippen LogP contribution in [0.4, 0.5) is 14.6 Å². The van der Waals surface area contributed by atoms with E-state index in [1.807, 2.05) is 0 Å². The summed E-state index contributed by atoms with van der Waals surface area (Å²) in [7, 11) is 1.80. The van der Waals surface area contributed by atoms with E-state index in [0.717, 1.165) is 25.3 Å². The third-order valence-corrected chi connectivity index (χ3v) is 5.83. The fraction of sp³-hybridized carbons (Fsp3) is 0.318. The predicted octanol–water partition coefficient (Wildman–Crippen LogP) is 3.18. The van der Waals surface area contributed by atoms with Crippen molar-refractivity contribution in [3.05, 3.63) is 54.6 Å². The van der Waals surface area contributed by atoms with Crippen molar-refractivity contribution in [1.29, 1.82) is 0 Å². The molecule has 1 amide bonds. The SMILES string of the molecule is Cn1cnc(C(=O)NC2CCCC(Nc3nc(-c4c[nH]c5ncncc45)c(F)cc3F)C2)c1. The lowest BCUT2D eigenvalue weighted by atomic mass is 9.91. The van der Waals surface area contributed by atoms with Crippen molar-refractivity contribution in [2.75, 3.05) is 5.32 Å². The van der Waals surface area contributed by atoms with Gasteiger partial charge in [0, 0.05) is 54.7 Å². The largest absolute Gasteiger partial charge is 0.365 e. The molecule has 0 radical (unpaired) electrons. The highest BCUT2D eigenvalue weighted by molar-refractivity contribution is 5.92. The molecule has 33 heavy (non-hydrogen) atoms. The van der Waals surface area contributed by atoms with Gasteiger partial charge in [0.15, 0.2) is 17.5 Å². The molecule has 0 saturated heterocycles. The zero-order chi connectivity index (χ0) is 22.9. The van der Waals surface area contributed by atoms with Gasteiger partial charge in [-0.05, 0) is 25.7 Å². The average molecular weight is 452 g/mol. The number of aromatic nitrogens is 6. The number of nitrogens with zero attached hydrogens (tertiary/aromatic N) is 5. The lowest BCUT2D eigenvalue weighted by Crippen LogP contribution is -2.42. The number of anilines is 1. The maximum absolute atomic E-state index is 14.6. The summed E-state index contributed by atoms with van der Waals surface area (Å²) in [6.07, 6.45) is 10.8. The Morgan fingerprint density at radius 2 is 2.06 bits per heavy atom. The quantitative estimate of drug-likeness (QED) is 0.429. The molecule has 170 valence electrons. The van der Waals surface area contributed by atoms with E-state index in [2.05, 4.69) is 35.6 Å². The van der Waals surface area contributed by atoms with Gasteiger partial charge in [-0.2, -0.15) is 0 Å². The van der Waals surface area contributed by atoms with Crippen LogP contribution < -0.4 is 10.6 Å². The Bertz CT molecular complexity index is 1320. The highest BCUT2D eigenvalue weighted by Crippen LogP contribution is 2.31. The zero-order valence-corrected chi connectivity index (χ0v) is 17.8. The standard InChI is InChI=1S/C22H22F2N8O/c1-32-9-18(28-11-32)22(33)30-13-4-2-3-12(5-13)29-21-17(24)6-16(23)19(31-21)14-8-26-20-15(14)7-25-10-27-20/h6-13H,2-5H2,1H3,(H,29,31)(H,30,33)(H,25,26,27). The van der Waals surface area contributed by atoms with Crippen molar-refractivity contribution in [3.8, 4) is 11.3 Å². The van der Waals surface area contributed by atoms with Crippen LogP contribution in [-0.2, 0) is 7.05 Å². The minimum atomic E-state index is -0.771. The molecule has 1 aliphatic carbocycles. The first-order valence-corrected chi connectivity index (χ1v) is 10.7. The number of pyridine rings is 1. The summed E-state index contributed by atoms with van der Waals surface area (Å²) in [5, 5.41) is 6.70. The number of aryl methyl sites for hydroxylation is 1. The molecule has 1 fully saturated rings. The van der Waals surface area contributed by atoms with Gasteiger partial charge in [0.2, 0.25) is 0 Å². The number of H-pyrrole nitrogens is 1. The summed E-state index contributed by atoms with van der Waals surface area (Å²) in [4.78, 5) is 31.8. The second-order valence-electron chi connectivity index (χ2n) is 8.24. The van der Waals surface area contributed by atoms with Crippen molar-refractivity contribution >= 4 is 22.8 Å². The molecule has 4 heterocycles. The third-order valence-electron chi connectivity index (χ3n) is 5.83. The molecule has 0 bridgehead atoms. The minimum absolute atomic E-state index is 0.00997. The average Bonchev–Trinajstić information content (AvgIpc) is 3.42. The molecule has 11 heteroatoms. The molecule has 1 aliphatic rings. The third kappa shape index (κ3) is 4.26. The van der Waals surface area contributed by atoms with Crippen molar-refractivity contribution in [2.45, 2.75) is 37.8 Å². The first-order valence-electron chi connectivity index (χ1n) is 10.7. The van der Waals surface area contributed by atoms with Crippen LogP contribution in [0.3, 0.4) is 0 Å². The lowest BCUT2D eigenvalue weighted by Gasteiger charge is -2.30. The summed E-state index contributed by atoms with van der Waals surface area (Å²) in [6, 6.07) is 0.620. The first kappa shape index (κ1) is 21.0. The van der Waals surface area contributed by atoms with Gasteiger partial charge in [-0.1, -0.05) is 0 Å². The van der Waals surface area contributed by atoms with Gasteiger partial charge in [0.05, 0.1) is 6.33 Å². The number of hydrogen-bond acceptors (Lipinski definition) is 6. The highest BCUT2D eigenvalue weighted by Gasteiger charge is 2.26. The van der Waals surface area contributed by atoms with E-state index in [1.54, 1.807) is 36.5 Å². The van der Waals surface area contributed by atoms with Crippen molar-refractivity contribution in [2.24, 2.45) is 7.05 Å². The second-order valence-corrected chi connectivity index (χ2v) is 8.24. The van der Waals surface area contributed by atoms with Crippen LogP contribution in [0, 0.1) is 11.6 Å². The number of fused-ring (bicyclic) bond motifs is 1. The fourth-order valence-corrected chi connectivity index (χ4v) is 4.25. The summed E-state index contributed by atoms with van der Waals surface area (Å²) in [6.45, 7) is 0. The van der Waals surface area contributed by atoms with E-state index in [4.69, 9.17) is 0 Å². The molecule has 1 saturated carbocycles. The molecule has 0 aromatic carbocycles. The number of imidazole rings is 1. The number of carbonyl (C=O) groups is 1. The molecular weight excluding hydrogens is 430 g/mol. The van der Waals surface area contributed by atoms with Crippen LogP contribution in [0.25, 0.3) is 22.3 Å². The van der Waals surface area contributed by atoms with Crippen LogP contribution >= 0.6 is 0 Å². The maximum Gasteiger partial charge on any atom is 0.271 e. The first-order chi connectivity index (χ1) is 16.0. The Hall–Kier alpha value is -3.89. The maximum atomic E-state index is 14.6. The summed E-state index contributed by atoms with van der Waals surface area (Å²) < 4.78 is 30.9. The number of carbonyl (C=O) groups excluding carboxylic acids is 1. The van der Waals surface area contributed by atoms with Crippen LogP contribution in [0.5, 0.6) is 0 Å². The van der Waals surface area contributed by atoms with Crippen LogP contribution in [0.15, 0.2) is 37.3 Å². The van der Waals surface area contributed by atoms with E-state index in [1.165, 1.54) is 6.33 Å². The van der Waals surface area contributed by atoms with E-state index in [-0.39, 0.29) is 29.5 Å². The van der Waals surface area contributed by atoms with Gasteiger partial charge in [0.1, 0.15) is 23.4 Å². The molecule has 5 rings (SSSR count). The van der Waals surface area contributed by atoms with Crippen molar-refractivity contribution in [3.63, 3.8) is 0 Å². The van der Waals surface area contributed by atoms with Gasteiger partial charge in [-0.3, -0.25) is 4.79 Å². The van der Waals surface area contributed by atoms with E-state index >= 15 is 0 Å². The van der Waals surface area contributed by atoms with Crippen LogP contribution in [0.1, 0.15) is 36.2 Å². The normalized spacial score (nSPS) is 18.4. The molecule has 2 unspecified atom stereocenters. The highest BCUT2D eigenvalue weighted by atomic mass is 19.1. The number of rotatable bonds is 5. The lowest BCUT2D eigenvalue weighted by molar-refractivity contribution is 0.0921. The zero-order valence-electron chi connectivity index (χ0n) is 17.8. The Balaban J connectivity index is 1.33. The molecule has 2 atom stereocenters. The van der Waals surface area contributed by atoms with Crippen molar-refractivity contribution < 1.29 is 13.6 Å². The molecule has 3 N–H and O–H groups in total. The molecule has 0 aliphatic heterocycles. The van der Waals surface area contributed by atoms with Gasteiger partial charge < -0.3 is 20.2 Å².